The molecule has 168 valence electrons. The third-order valence-corrected chi connectivity index (χ3v) is 5.26. The molecule has 2 aromatic carbocycles. The minimum absolute atomic E-state index is 0.0803. The van der Waals surface area contributed by atoms with Gasteiger partial charge in [0, 0.05) is 37.5 Å². The predicted octanol–water partition coefficient (Wildman–Crippen LogP) is 4.86. The molecule has 1 aliphatic rings. The molecule has 2 amide bonds. The number of carbonyl (C=O) groups excluding carboxylic acids is 2. The fraction of sp³-hybridized carbons (Fsp3) is 0.192. The number of piperidine rings is 1. The maximum atomic E-state index is 14.3. The Bertz CT molecular complexity index is 1160. The van der Waals surface area contributed by atoms with E-state index in [1.807, 2.05) is 24.3 Å². The molecule has 0 radical (unpaired) electrons. The van der Waals surface area contributed by atoms with Gasteiger partial charge in [0.15, 0.2) is 11.6 Å². The molecule has 1 aliphatic heterocycles. The number of amides is 2. The highest BCUT2D eigenvalue weighted by Crippen LogP contribution is 2.25. The number of benzene rings is 2. The molecule has 33 heavy (non-hydrogen) atoms. The smallest absolute Gasteiger partial charge is 0.244 e. The Morgan fingerprint density at radius 3 is 2.85 bits per heavy atom. The van der Waals surface area contributed by atoms with Crippen molar-refractivity contribution >= 4 is 23.6 Å². The molecule has 6 nitrogen and oxygen atoms in total. The number of halogens is 1. The van der Waals surface area contributed by atoms with E-state index in [1.165, 1.54) is 30.5 Å². The Morgan fingerprint density at radius 1 is 1.15 bits per heavy atom. The van der Waals surface area contributed by atoms with Crippen LogP contribution in [0.5, 0.6) is 11.5 Å². The van der Waals surface area contributed by atoms with Gasteiger partial charge in [-0.2, -0.15) is 0 Å². The average Bonchev–Trinajstić information content (AvgIpc) is 2.84. The van der Waals surface area contributed by atoms with Crippen molar-refractivity contribution in [3.8, 4) is 11.5 Å². The fourth-order valence-electron chi connectivity index (χ4n) is 3.57. The van der Waals surface area contributed by atoms with Crippen molar-refractivity contribution in [2.45, 2.75) is 25.8 Å². The first-order chi connectivity index (χ1) is 16.1. The fourth-order valence-corrected chi connectivity index (χ4v) is 3.57. The third kappa shape index (κ3) is 6.04. The second kappa shape index (κ2) is 10.5. The van der Waals surface area contributed by atoms with Crippen LogP contribution in [-0.2, 0) is 16.1 Å². The summed E-state index contributed by atoms with van der Waals surface area (Å²) < 4.78 is 19.8. The molecule has 7 heteroatoms. The van der Waals surface area contributed by atoms with Crippen LogP contribution >= 0.6 is 0 Å². The molecule has 1 saturated heterocycles. The topological polar surface area (TPSA) is 71.5 Å². The summed E-state index contributed by atoms with van der Waals surface area (Å²) in [6.45, 7) is 1.05. The number of pyridine rings is 1. The summed E-state index contributed by atoms with van der Waals surface area (Å²) in [5.74, 6) is -0.185. The highest BCUT2D eigenvalue weighted by Gasteiger charge is 2.19. The summed E-state index contributed by atoms with van der Waals surface area (Å²) in [5.41, 5.74) is 2.29. The molecule has 0 unspecified atom stereocenters. The SMILES string of the molecule is O=C(/C=C/c1ccc(Oc2cccnc2)c(F)c1)NCc1cccc(N2CCCCC2=O)c1. The standard InChI is InChI=1S/C26H24FN3O3/c27-23-16-19(9-11-24(23)33-22-7-4-13-28-18-22)10-12-25(31)29-17-20-5-3-6-21(15-20)30-14-2-1-8-26(30)32/h3-7,9-13,15-16,18H,1-2,8,14,17H2,(H,29,31)/b12-10+. The van der Waals surface area contributed by atoms with Gasteiger partial charge in [-0.3, -0.25) is 14.6 Å². The Morgan fingerprint density at radius 2 is 2.06 bits per heavy atom. The largest absolute Gasteiger partial charge is 0.453 e. The van der Waals surface area contributed by atoms with Gasteiger partial charge in [0.05, 0.1) is 6.20 Å². The van der Waals surface area contributed by atoms with E-state index in [0.29, 0.717) is 24.3 Å². The summed E-state index contributed by atoms with van der Waals surface area (Å²) >= 11 is 0. The lowest BCUT2D eigenvalue weighted by molar-refractivity contribution is -0.119. The summed E-state index contributed by atoms with van der Waals surface area (Å²) in [7, 11) is 0. The zero-order valence-corrected chi connectivity index (χ0v) is 18.0. The number of rotatable bonds is 7. The maximum Gasteiger partial charge on any atom is 0.244 e. The molecule has 3 aromatic rings. The minimum atomic E-state index is -0.537. The van der Waals surface area contributed by atoms with Gasteiger partial charge in [0.25, 0.3) is 0 Å². The first kappa shape index (κ1) is 22.2. The van der Waals surface area contributed by atoms with Crippen molar-refractivity contribution in [1.82, 2.24) is 10.3 Å². The van der Waals surface area contributed by atoms with Gasteiger partial charge in [-0.15, -0.1) is 0 Å². The van der Waals surface area contributed by atoms with E-state index in [0.717, 1.165) is 30.6 Å². The van der Waals surface area contributed by atoms with Crippen LogP contribution in [0.1, 0.15) is 30.4 Å². The highest BCUT2D eigenvalue weighted by atomic mass is 19.1. The summed E-state index contributed by atoms with van der Waals surface area (Å²) in [5, 5.41) is 2.81. The second-order valence-electron chi connectivity index (χ2n) is 7.70. The summed E-state index contributed by atoms with van der Waals surface area (Å²) in [6.07, 6.45) is 8.49. The Hall–Kier alpha value is -4.00. The van der Waals surface area contributed by atoms with Gasteiger partial charge in [0.1, 0.15) is 5.75 Å². The van der Waals surface area contributed by atoms with Crippen LogP contribution in [-0.4, -0.2) is 23.3 Å². The first-order valence-electron chi connectivity index (χ1n) is 10.8. The first-order valence-corrected chi connectivity index (χ1v) is 10.8. The van der Waals surface area contributed by atoms with Crippen LogP contribution in [0.2, 0.25) is 0 Å². The van der Waals surface area contributed by atoms with Crippen LogP contribution in [0.3, 0.4) is 0 Å². The lowest BCUT2D eigenvalue weighted by Crippen LogP contribution is -2.35. The van der Waals surface area contributed by atoms with Crippen molar-refractivity contribution in [1.29, 1.82) is 0 Å². The van der Waals surface area contributed by atoms with Crippen LogP contribution in [0.4, 0.5) is 10.1 Å². The molecule has 0 atom stereocenters. The number of anilines is 1. The molecule has 1 fully saturated rings. The quantitative estimate of drug-likeness (QED) is 0.527. The molecule has 0 saturated carbocycles. The van der Waals surface area contributed by atoms with E-state index >= 15 is 0 Å². The van der Waals surface area contributed by atoms with Crippen molar-refractivity contribution in [3.05, 3.63) is 90.0 Å². The van der Waals surface area contributed by atoms with E-state index in [4.69, 9.17) is 4.74 Å². The Labute approximate surface area is 191 Å². The van der Waals surface area contributed by atoms with E-state index in [1.54, 1.807) is 29.3 Å². The molecule has 0 bridgehead atoms. The molecule has 1 N–H and O–H groups in total. The van der Waals surface area contributed by atoms with Gasteiger partial charge in [-0.25, -0.2) is 4.39 Å². The van der Waals surface area contributed by atoms with E-state index in [9.17, 15) is 14.0 Å². The number of ether oxygens (including phenoxy) is 1. The lowest BCUT2D eigenvalue weighted by atomic mass is 10.1. The molecular formula is C26H24FN3O3. The van der Waals surface area contributed by atoms with Crippen molar-refractivity contribution in [2.24, 2.45) is 0 Å². The minimum Gasteiger partial charge on any atom is -0.453 e. The molecule has 2 heterocycles. The average molecular weight is 445 g/mol. The summed E-state index contributed by atoms with van der Waals surface area (Å²) in [6, 6.07) is 15.5. The van der Waals surface area contributed by atoms with Gasteiger partial charge in [-0.05, 0) is 66.4 Å². The van der Waals surface area contributed by atoms with E-state index in [-0.39, 0.29) is 17.6 Å². The Kier molecular flexibility index (Phi) is 7.09. The third-order valence-electron chi connectivity index (χ3n) is 5.26. The molecule has 1 aromatic heterocycles. The monoisotopic (exact) mass is 445 g/mol. The second-order valence-corrected chi connectivity index (χ2v) is 7.70. The number of hydrogen-bond donors (Lipinski definition) is 1. The molecular weight excluding hydrogens is 421 g/mol. The van der Waals surface area contributed by atoms with Gasteiger partial charge < -0.3 is 15.0 Å². The van der Waals surface area contributed by atoms with Crippen LogP contribution in [0.25, 0.3) is 6.08 Å². The van der Waals surface area contributed by atoms with Crippen LogP contribution in [0, 0.1) is 5.82 Å². The number of carbonyl (C=O) groups is 2. The lowest BCUT2D eigenvalue weighted by Gasteiger charge is -2.27. The zero-order valence-electron chi connectivity index (χ0n) is 18.0. The summed E-state index contributed by atoms with van der Waals surface area (Å²) in [4.78, 5) is 30.1. The van der Waals surface area contributed by atoms with Crippen molar-refractivity contribution in [2.75, 3.05) is 11.4 Å². The molecule has 4 rings (SSSR count). The Balaban J connectivity index is 1.32. The highest BCUT2D eigenvalue weighted by molar-refractivity contribution is 5.94. The van der Waals surface area contributed by atoms with Crippen LogP contribution < -0.4 is 15.0 Å². The van der Waals surface area contributed by atoms with Gasteiger partial charge in [-0.1, -0.05) is 18.2 Å². The predicted molar refractivity (Wildman–Crippen MR) is 124 cm³/mol. The number of aromatic nitrogens is 1. The van der Waals surface area contributed by atoms with Crippen LogP contribution in [0.15, 0.2) is 73.1 Å². The number of hydrogen-bond acceptors (Lipinski definition) is 4. The zero-order chi connectivity index (χ0) is 23.0. The maximum absolute atomic E-state index is 14.3. The van der Waals surface area contributed by atoms with Gasteiger partial charge >= 0.3 is 0 Å². The normalized spacial score (nSPS) is 13.8. The molecule has 0 spiro atoms. The van der Waals surface area contributed by atoms with E-state index < -0.39 is 5.82 Å². The van der Waals surface area contributed by atoms with Crippen molar-refractivity contribution in [3.63, 3.8) is 0 Å². The van der Waals surface area contributed by atoms with E-state index in [2.05, 4.69) is 10.3 Å². The molecule has 0 aliphatic carbocycles. The van der Waals surface area contributed by atoms with Gasteiger partial charge in [0.2, 0.25) is 11.8 Å². The van der Waals surface area contributed by atoms with Crippen molar-refractivity contribution < 1.29 is 18.7 Å². The number of nitrogens with zero attached hydrogens (tertiary/aromatic N) is 2. The number of nitrogens with one attached hydrogen (secondary N) is 1.